The summed E-state index contributed by atoms with van der Waals surface area (Å²) in [4.78, 5) is 0. The summed E-state index contributed by atoms with van der Waals surface area (Å²) in [6.45, 7) is -0.545. The SMILES string of the molecule is Cl.N[C@@H](CCF)c1cc(O)ccc1O. The van der Waals surface area contributed by atoms with Crippen LogP contribution >= 0.6 is 12.4 Å². The summed E-state index contributed by atoms with van der Waals surface area (Å²) in [5, 5.41) is 18.4. The van der Waals surface area contributed by atoms with E-state index in [1.54, 1.807) is 0 Å². The topological polar surface area (TPSA) is 66.5 Å². The van der Waals surface area contributed by atoms with Crippen molar-refractivity contribution in [2.24, 2.45) is 5.73 Å². The van der Waals surface area contributed by atoms with E-state index in [-0.39, 0.29) is 30.3 Å². The van der Waals surface area contributed by atoms with Crippen molar-refractivity contribution in [1.29, 1.82) is 0 Å². The van der Waals surface area contributed by atoms with Gasteiger partial charge in [0.15, 0.2) is 0 Å². The number of phenolic OH excluding ortho intramolecular Hbond substituents is 2. The Hall–Kier alpha value is -1.00. The number of halogens is 2. The predicted octanol–water partition coefficient (Wildman–Crippen LogP) is 1.88. The number of phenols is 2. The van der Waals surface area contributed by atoms with Crippen molar-refractivity contribution in [2.45, 2.75) is 12.5 Å². The molecule has 1 atom stereocenters. The highest BCUT2D eigenvalue weighted by Crippen LogP contribution is 2.28. The second-order valence-electron chi connectivity index (χ2n) is 2.83. The fraction of sp³-hybridized carbons (Fsp3) is 0.333. The van der Waals surface area contributed by atoms with E-state index in [2.05, 4.69) is 0 Å². The summed E-state index contributed by atoms with van der Waals surface area (Å²) in [5.41, 5.74) is 5.94. The summed E-state index contributed by atoms with van der Waals surface area (Å²) >= 11 is 0. The lowest BCUT2D eigenvalue weighted by Crippen LogP contribution is -2.10. The Kier molecular flexibility index (Phi) is 5.27. The second-order valence-corrected chi connectivity index (χ2v) is 2.83. The average Bonchev–Trinajstić information content (AvgIpc) is 2.09. The van der Waals surface area contributed by atoms with Gasteiger partial charge in [-0.25, -0.2) is 0 Å². The third-order valence-corrected chi connectivity index (χ3v) is 1.83. The smallest absolute Gasteiger partial charge is 0.120 e. The minimum absolute atomic E-state index is 0. The number of hydrogen-bond donors (Lipinski definition) is 3. The Morgan fingerprint density at radius 3 is 2.57 bits per heavy atom. The molecule has 14 heavy (non-hydrogen) atoms. The van der Waals surface area contributed by atoms with Crippen molar-refractivity contribution >= 4 is 12.4 Å². The summed E-state index contributed by atoms with van der Waals surface area (Å²) < 4.78 is 11.9. The molecule has 0 bridgehead atoms. The molecular weight excluding hydrogens is 209 g/mol. The van der Waals surface area contributed by atoms with Gasteiger partial charge >= 0.3 is 0 Å². The van der Waals surface area contributed by atoms with Crippen molar-refractivity contribution in [3.05, 3.63) is 23.8 Å². The zero-order chi connectivity index (χ0) is 9.84. The zero-order valence-electron chi connectivity index (χ0n) is 7.48. The standard InChI is InChI=1S/C9H12FNO2.ClH/c10-4-3-8(11)7-5-6(12)1-2-9(7)13;/h1-2,5,8,12-13H,3-4,11H2;1H/t8-;/m0./s1. The van der Waals surface area contributed by atoms with E-state index in [0.717, 1.165) is 0 Å². The van der Waals surface area contributed by atoms with Crippen LogP contribution in [-0.4, -0.2) is 16.9 Å². The fourth-order valence-corrected chi connectivity index (χ4v) is 1.11. The van der Waals surface area contributed by atoms with Crippen molar-refractivity contribution in [1.82, 2.24) is 0 Å². The minimum Gasteiger partial charge on any atom is -0.508 e. The van der Waals surface area contributed by atoms with Gasteiger partial charge in [0, 0.05) is 11.6 Å². The number of rotatable bonds is 3. The van der Waals surface area contributed by atoms with E-state index in [9.17, 15) is 9.50 Å². The maximum absolute atomic E-state index is 11.9. The Bertz CT molecular complexity index is 296. The maximum Gasteiger partial charge on any atom is 0.120 e. The maximum atomic E-state index is 11.9. The number of nitrogens with two attached hydrogens (primary N) is 1. The van der Waals surface area contributed by atoms with Gasteiger partial charge in [-0.05, 0) is 24.6 Å². The van der Waals surface area contributed by atoms with Gasteiger partial charge in [0.2, 0.25) is 0 Å². The van der Waals surface area contributed by atoms with E-state index >= 15 is 0 Å². The Morgan fingerprint density at radius 1 is 1.36 bits per heavy atom. The normalized spacial score (nSPS) is 11.9. The van der Waals surface area contributed by atoms with Crippen molar-refractivity contribution in [3.8, 4) is 11.5 Å². The molecule has 0 spiro atoms. The fourth-order valence-electron chi connectivity index (χ4n) is 1.11. The molecule has 0 amide bonds. The van der Waals surface area contributed by atoms with Crippen LogP contribution in [0.15, 0.2) is 18.2 Å². The van der Waals surface area contributed by atoms with E-state index < -0.39 is 12.7 Å². The third-order valence-electron chi connectivity index (χ3n) is 1.83. The molecule has 0 radical (unpaired) electrons. The van der Waals surface area contributed by atoms with Crippen LogP contribution in [0.5, 0.6) is 11.5 Å². The monoisotopic (exact) mass is 221 g/mol. The Morgan fingerprint density at radius 2 is 2.00 bits per heavy atom. The Balaban J connectivity index is 0.00000169. The largest absolute Gasteiger partial charge is 0.508 e. The van der Waals surface area contributed by atoms with Crippen LogP contribution in [0.2, 0.25) is 0 Å². The van der Waals surface area contributed by atoms with Crippen LogP contribution in [0.25, 0.3) is 0 Å². The van der Waals surface area contributed by atoms with Crippen molar-refractivity contribution in [2.75, 3.05) is 6.67 Å². The van der Waals surface area contributed by atoms with Gasteiger partial charge in [0.1, 0.15) is 11.5 Å². The lowest BCUT2D eigenvalue weighted by Gasteiger charge is -2.11. The highest BCUT2D eigenvalue weighted by atomic mass is 35.5. The molecule has 1 rings (SSSR count). The molecular formula is C9H13ClFNO2. The molecule has 0 heterocycles. The van der Waals surface area contributed by atoms with Gasteiger partial charge in [-0.3, -0.25) is 4.39 Å². The number of alkyl halides is 1. The molecule has 3 nitrogen and oxygen atoms in total. The van der Waals surface area contributed by atoms with Crippen LogP contribution in [-0.2, 0) is 0 Å². The molecule has 4 N–H and O–H groups in total. The first-order chi connectivity index (χ1) is 6.15. The molecule has 0 aliphatic carbocycles. The molecule has 1 aromatic carbocycles. The molecule has 0 aliphatic rings. The van der Waals surface area contributed by atoms with E-state index in [0.29, 0.717) is 5.56 Å². The molecule has 5 heteroatoms. The molecule has 0 fully saturated rings. The second kappa shape index (κ2) is 5.67. The van der Waals surface area contributed by atoms with Gasteiger partial charge in [-0.1, -0.05) is 0 Å². The first-order valence-electron chi connectivity index (χ1n) is 3.98. The van der Waals surface area contributed by atoms with Gasteiger partial charge in [0.25, 0.3) is 0 Å². The molecule has 80 valence electrons. The molecule has 0 aliphatic heterocycles. The molecule has 0 saturated carbocycles. The van der Waals surface area contributed by atoms with E-state index in [1.165, 1.54) is 18.2 Å². The summed E-state index contributed by atoms with van der Waals surface area (Å²) in [7, 11) is 0. The van der Waals surface area contributed by atoms with Crippen molar-refractivity contribution < 1.29 is 14.6 Å². The van der Waals surface area contributed by atoms with Crippen molar-refractivity contribution in [3.63, 3.8) is 0 Å². The van der Waals surface area contributed by atoms with Gasteiger partial charge < -0.3 is 15.9 Å². The average molecular weight is 222 g/mol. The number of benzene rings is 1. The lowest BCUT2D eigenvalue weighted by atomic mass is 10.0. The first kappa shape index (κ1) is 13.0. The number of hydrogen-bond acceptors (Lipinski definition) is 3. The molecule has 0 aromatic heterocycles. The van der Waals surface area contributed by atoms with Crippen LogP contribution in [0, 0.1) is 0 Å². The van der Waals surface area contributed by atoms with E-state index in [4.69, 9.17) is 10.8 Å². The lowest BCUT2D eigenvalue weighted by molar-refractivity contribution is 0.419. The van der Waals surface area contributed by atoms with Crippen LogP contribution < -0.4 is 5.73 Å². The predicted molar refractivity (Wildman–Crippen MR) is 54.5 cm³/mol. The van der Waals surface area contributed by atoms with Crippen LogP contribution in [0.1, 0.15) is 18.0 Å². The zero-order valence-corrected chi connectivity index (χ0v) is 8.30. The summed E-state index contributed by atoms with van der Waals surface area (Å²) in [6.07, 6.45) is 0.136. The molecule has 0 unspecified atom stereocenters. The van der Waals surface area contributed by atoms with Gasteiger partial charge in [-0.15, -0.1) is 12.4 Å². The van der Waals surface area contributed by atoms with Gasteiger partial charge in [0.05, 0.1) is 6.67 Å². The highest BCUT2D eigenvalue weighted by Gasteiger charge is 2.10. The highest BCUT2D eigenvalue weighted by molar-refractivity contribution is 5.85. The van der Waals surface area contributed by atoms with E-state index in [1.807, 2.05) is 0 Å². The van der Waals surface area contributed by atoms with Crippen LogP contribution in [0.3, 0.4) is 0 Å². The first-order valence-corrected chi connectivity index (χ1v) is 3.98. The summed E-state index contributed by atoms with van der Waals surface area (Å²) in [5.74, 6) is 0.000795. The van der Waals surface area contributed by atoms with Gasteiger partial charge in [-0.2, -0.15) is 0 Å². The molecule has 1 aromatic rings. The quantitative estimate of drug-likeness (QED) is 0.683. The van der Waals surface area contributed by atoms with Crippen LogP contribution in [0.4, 0.5) is 4.39 Å². The minimum atomic E-state index is -0.572. The number of aromatic hydroxyl groups is 2. The Labute approximate surface area is 87.8 Å². The molecule has 0 saturated heterocycles. The third kappa shape index (κ3) is 3.05. The summed E-state index contributed by atoms with van der Waals surface area (Å²) in [6, 6.07) is 3.46.